The van der Waals surface area contributed by atoms with Crippen LogP contribution in [0, 0.1) is 11.2 Å². The third kappa shape index (κ3) is 2.65. The molecule has 1 aromatic carbocycles. The number of aliphatic hydroxyl groups is 1. The number of aliphatic hydroxyl groups excluding tert-OH is 1. The molecular formula is C14H20FNO2. The maximum absolute atomic E-state index is 13.6. The monoisotopic (exact) mass is 253 g/mol. The predicted octanol–water partition coefficient (Wildman–Crippen LogP) is 1.69. The van der Waals surface area contributed by atoms with E-state index in [1.165, 1.54) is 13.2 Å². The summed E-state index contributed by atoms with van der Waals surface area (Å²) in [5.74, 6) is -0.0743. The fourth-order valence-electron chi connectivity index (χ4n) is 2.74. The summed E-state index contributed by atoms with van der Waals surface area (Å²) in [5, 5.41) is 9.62. The van der Waals surface area contributed by atoms with E-state index in [0.29, 0.717) is 6.42 Å². The van der Waals surface area contributed by atoms with Crippen molar-refractivity contribution in [3.8, 4) is 5.75 Å². The largest absolute Gasteiger partial charge is 0.494 e. The fraction of sp³-hybridized carbons (Fsp3) is 0.571. The first-order valence-electron chi connectivity index (χ1n) is 6.20. The molecule has 1 heterocycles. The van der Waals surface area contributed by atoms with Crippen molar-refractivity contribution in [3.63, 3.8) is 0 Å². The van der Waals surface area contributed by atoms with Gasteiger partial charge >= 0.3 is 0 Å². The van der Waals surface area contributed by atoms with Gasteiger partial charge < -0.3 is 14.7 Å². The van der Waals surface area contributed by atoms with Crippen LogP contribution < -0.4 is 4.74 Å². The van der Waals surface area contributed by atoms with Crippen LogP contribution in [-0.2, 0) is 6.42 Å². The van der Waals surface area contributed by atoms with Crippen molar-refractivity contribution in [2.24, 2.45) is 5.41 Å². The van der Waals surface area contributed by atoms with E-state index in [0.717, 1.165) is 25.1 Å². The van der Waals surface area contributed by atoms with E-state index in [-0.39, 0.29) is 23.6 Å². The van der Waals surface area contributed by atoms with Gasteiger partial charge in [-0.25, -0.2) is 4.39 Å². The minimum absolute atomic E-state index is 0.129. The number of hydrogen-bond acceptors (Lipinski definition) is 3. The minimum Gasteiger partial charge on any atom is -0.494 e. The Bertz CT molecular complexity index is 424. The second kappa shape index (κ2) is 5.24. The van der Waals surface area contributed by atoms with E-state index < -0.39 is 0 Å². The lowest BCUT2D eigenvalue weighted by Crippen LogP contribution is -2.31. The van der Waals surface area contributed by atoms with E-state index in [4.69, 9.17) is 4.74 Å². The van der Waals surface area contributed by atoms with E-state index in [1.807, 2.05) is 13.1 Å². The number of hydrogen-bond donors (Lipinski definition) is 1. The topological polar surface area (TPSA) is 32.7 Å². The molecule has 1 atom stereocenters. The molecule has 0 saturated carbocycles. The van der Waals surface area contributed by atoms with Crippen molar-refractivity contribution in [3.05, 3.63) is 29.6 Å². The van der Waals surface area contributed by atoms with Crippen molar-refractivity contribution < 1.29 is 14.2 Å². The number of benzene rings is 1. The SMILES string of the molecule is COc1ccc(CC2(CO)CCN(C)C2)cc1F. The quantitative estimate of drug-likeness (QED) is 0.886. The Hall–Kier alpha value is -1.13. The summed E-state index contributed by atoms with van der Waals surface area (Å²) in [4.78, 5) is 2.20. The molecule has 3 nitrogen and oxygen atoms in total. The second-order valence-electron chi connectivity index (χ2n) is 5.29. The first-order valence-corrected chi connectivity index (χ1v) is 6.20. The number of ether oxygens (including phenoxy) is 1. The van der Waals surface area contributed by atoms with E-state index >= 15 is 0 Å². The molecule has 0 aliphatic carbocycles. The lowest BCUT2D eigenvalue weighted by Gasteiger charge is -2.26. The average molecular weight is 253 g/mol. The molecule has 0 bridgehead atoms. The lowest BCUT2D eigenvalue weighted by molar-refractivity contribution is 0.132. The Morgan fingerprint density at radius 2 is 2.28 bits per heavy atom. The molecule has 1 N–H and O–H groups in total. The molecule has 0 aromatic heterocycles. The van der Waals surface area contributed by atoms with Crippen LogP contribution in [0.25, 0.3) is 0 Å². The molecular weight excluding hydrogens is 233 g/mol. The maximum atomic E-state index is 13.6. The van der Waals surface area contributed by atoms with E-state index in [1.54, 1.807) is 6.07 Å². The molecule has 1 unspecified atom stereocenters. The highest BCUT2D eigenvalue weighted by atomic mass is 19.1. The normalized spacial score (nSPS) is 24.4. The van der Waals surface area contributed by atoms with Crippen LogP contribution in [0.3, 0.4) is 0 Å². The molecule has 2 rings (SSSR count). The second-order valence-corrected chi connectivity index (χ2v) is 5.29. The van der Waals surface area contributed by atoms with Crippen molar-refractivity contribution in [2.75, 3.05) is 33.9 Å². The highest BCUT2D eigenvalue weighted by Crippen LogP contribution is 2.33. The van der Waals surface area contributed by atoms with Crippen molar-refractivity contribution >= 4 is 0 Å². The lowest BCUT2D eigenvalue weighted by atomic mass is 9.81. The minimum atomic E-state index is -0.338. The van der Waals surface area contributed by atoms with Crippen molar-refractivity contribution in [1.82, 2.24) is 4.90 Å². The van der Waals surface area contributed by atoms with Gasteiger partial charge in [-0.15, -0.1) is 0 Å². The number of likely N-dealkylation sites (tertiary alicyclic amines) is 1. The van der Waals surface area contributed by atoms with Gasteiger partial charge in [0.2, 0.25) is 0 Å². The Kier molecular flexibility index (Phi) is 3.88. The van der Waals surface area contributed by atoms with E-state index in [9.17, 15) is 9.50 Å². The standard InChI is InChI=1S/C14H20FNO2/c1-16-6-5-14(9-16,10-17)8-11-3-4-13(18-2)12(15)7-11/h3-4,7,17H,5-6,8-10H2,1-2H3. The van der Waals surface area contributed by atoms with Crippen molar-refractivity contribution in [2.45, 2.75) is 12.8 Å². The fourth-order valence-corrected chi connectivity index (χ4v) is 2.74. The third-order valence-corrected chi connectivity index (χ3v) is 3.76. The van der Waals surface area contributed by atoms with Crippen LogP contribution in [0.5, 0.6) is 5.75 Å². The van der Waals surface area contributed by atoms with Crippen LogP contribution in [0.2, 0.25) is 0 Å². The summed E-state index contributed by atoms with van der Waals surface area (Å²) in [5.41, 5.74) is 0.785. The molecule has 1 fully saturated rings. The number of halogens is 1. The van der Waals surface area contributed by atoms with Crippen LogP contribution in [0.4, 0.5) is 4.39 Å². The van der Waals surface area contributed by atoms with Crippen LogP contribution >= 0.6 is 0 Å². The van der Waals surface area contributed by atoms with Gasteiger partial charge in [-0.1, -0.05) is 6.07 Å². The summed E-state index contributed by atoms with van der Waals surface area (Å²) < 4.78 is 18.5. The Labute approximate surface area is 107 Å². The molecule has 1 aromatic rings. The Morgan fingerprint density at radius 3 is 2.78 bits per heavy atom. The highest BCUT2D eigenvalue weighted by molar-refractivity contribution is 5.30. The molecule has 100 valence electrons. The first kappa shape index (κ1) is 13.3. The third-order valence-electron chi connectivity index (χ3n) is 3.76. The molecule has 1 saturated heterocycles. The zero-order valence-corrected chi connectivity index (χ0v) is 10.9. The summed E-state index contributed by atoms with van der Waals surface area (Å²) >= 11 is 0. The molecule has 0 spiro atoms. The molecule has 18 heavy (non-hydrogen) atoms. The zero-order valence-electron chi connectivity index (χ0n) is 10.9. The van der Waals surface area contributed by atoms with Gasteiger partial charge in [0.1, 0.15) is 0 Å². The molecule has 1 aliphatic heterocycles. The highest BCUT2D eigenvalue weighted by Gasteiger charge is 2.36. The Morgan fingerprint density at radius 1 is 1.50 bits per heavy atom. The smallest absolute Gasteiger partial charge is 0.165 e. The number of nitrogens with zero attached hydrogens (tertiary/aromatic N) is 1. The average Bonchev–Trinajstić information content (AvgIpc) is 2.72. The summed E-state index contributed by atoms with van der Waals surface area (Å²) in [7, 11) is 3.51. The molecule has 0 amide bonds. The van der Waals surface area contributed by atoms with E-state index in [2.05, 4.69) is 4.90 Å². The first-order chi connectivity index (χ1) is 8.58. The molecule has 1 aliphatic rings. The van der Waals surface area contributed by atoms with Crippen LogP contribution in [0.1, 0.15) is 12.0 Å². The molecule has 4 heteroatoms. The summed E-state index contributed by atoms with van der Waals surface area (Å²) in [6, 6.07) is 5.03. The summed E-state index contributed by atoms with van der Waals surface area (Å²) in [6.07, 6.45) is 1.66. The van der Waals surface area contributed by atoms with Gasteiger partial charge in [-0.05, 0) is 44.1 Å². The summed E-state index contributed by atoms with van der Waals surface area (Å²) in [6.45, 7) is 1.99. The van der Waals surface area contributed by atoms with Crippen LogP contribution in [-0.4, -0.2) is 43.9 Å². The predicted molar refractivity (Wildman–Crippen MR) is 68.3 cm³/mol. The number of methoxy groups -OCH3 is 1. The van der Waals surface area contributed by atoms with Gasteiger partial charge in [0.25, 0.3) is 0 Å². The zero-order chi connectivity index (χ0) is 13.2. The van der Waals surface area contributed by atoms with Gasteiger partial charge in [0, 0.05) is 12.0 Å². The van der Waals surface area contributed by atoms with Gasteiger partial charge in [0.15, 0.2) is 11.6 Å². The Balaban J connectivity index is 2.15. The number of rotatable bonds is 4. The maximum Gasteiger partial charge on any atom is 0.165 e. The van der Waals surface area contributed by atoms with Crippen LogP contribution in [0.15, 0.2) is 18.2 Å². The molecule has 0 radical (unpaired) electrons. The van der Waals surface area contributed by atoms with Gasteiger partial charge in [0.05, 0.1) is 13.7 Å². The van der Waals surface area contributed by atoms with Gasteiger partial charge in [-0.2, -0.15) is 0 Å². The van der Waals surface area contributed by atoms with Crippen molar-refractivity contribution in [1.29, 1.82) is 0 Å². The van der Waals surface area contributed by atoms with Gasteiger partial charge in [-0.3, -0.25) is 0 Å².